The Balaban J connectivity index is 1.95. The summed E-state index contributed by atoms with van der Waals surface area (Å²) in [5.41, 5.74) is 2.17. The minimum absolute atomic E-state index is 0.527. The van der Waals surface area contributed by atoms with Gasteiger partial charge in [-0.05, 0) is 38.0 Å². The first-order chi connectivity index (χ1) is 8.84. The van der Waals surface area contributed by atoms with E-state index < -0.39 is 0 Å². The lowest BCUT2D eigenvalue weighted by Crippen LogP contribution is -2.19. The third-order valence-electron chi connectivity index (χ3n) is 3.40. The van der Waals surface area contributed by atoms with Gasteiger partial charge in [-0.25, -0.2) is 9.97 Å². The molecule has 0 spiro atoms. The third kappa shape index (κ3) is 2.16. The zero-order valence-electron chi connectivity index (χ0n) is 10.5. The minimum atomic E-state index is 0.527. The van der Waals surface area contributed by atoms with Gasteiger partial charge in [0.05, 0.1) is 11.4 Å². The van der Waals surface area contributed by atoms with E-state index in [-0.39, 0.29) is 0 Å². The summed E-state index contributed by atoms with van der Waals surface area (Å²) in [7, 11) is 0. The van der Waals surface area contributed by atoms with Crippen LogP contribution in [0.25, 0.3) is 11.4 Å². The van der Waals surface area contributed by atoms with Crippen molar-refractivity contribution in [2.45, 2.75) is 25.8 Å². The molecule has 3 rings (SSSR count). The molecule has 0 unspecified atom stereocenters. The van der Waals surface area contributed by atoms with E-state index in [1.54, 1.807) is 0 Å². The van der Waals surface area contributed by atoms with Crippen LogP contribution in [-0.4, -0.2) is 27.7 Å². The molecule has 18 heavy (non-hydrogen) atoms. The van der Waals surface area contributed by atoms with Crippen molar-refractivity contribution >= 4 is 0 Å². The number of ether oxygens (including phenoxy) is 1. The van der Waals surface area contributed by atoms with Gasteiger partial charge >= 0.3 is 0 Å². The minimum Gasteiger partial charge on any atom is -0.381 e. The first-order valence-electron chi connectivity index (χ1n) is 6.39. The van der Waals surface area contributed by atoms with Gasteiger partial charge in [-0.1, -0.05) is 0 Å². The van der Waals surface area contributed by atoms with Crippen molar-refractivity contribution < 1.29 is 4.74 Å². The molecule has 94 valence electrons. The zero-order chi connectivity index (χ0) is 12.4. The molecule has 0 saturated carbocycles. The monoisotopic (exact) mass is 243 g/mol. The molecular weight excluding hydrogens is 226 g/mol. The number of hydrogen-bond donors (Lipinski definition) is 0. The van der Waals surface area contributed by atoms with Gasteiger partial charge in [0.25, 0.3) is 0 Å². The van der Waals surface area contributed by atoms with Crippen LogP contribution in [0.15, 0.2) is 30.6 Å². The van der Waals surface area contributed by atoms with E-state index in [0.717, 1.165) is 37.6 Å². The van der Waals surface area contributed by atoms with Crippen molar-refractivity contribution in [3.63, 3.8) is 0 Å². The maximum Gasteiger partial charge on any atom is 0.125 e. The summed E-state index contributed by atoms with van der Waals surface area (Å²) in [4.78, 5) is 8.66. The molecule has 0 amide bonds. The highest BCUT2D eigenvalue weighted by atomic mass is 16.5. The molecule has 0 radical (unpaired) electrons. The Bertz CT molecular complexity index is 529. The SMILES string of the molecule is Cc1nccc(-c2cccn2C2CCOCC2)n1. The second-order valence-electron chi connectivity index (χ2n) is 4.63. The Morgan fingerprint density at radius 2 is 2.11 bits per heavy atom. The van der Waals surface area contributed by atoms with Crippen LogP contribution < -0.4 is 0 Å². The molecule has 0 aromatic carbocycles. The summed E-state index contributed by atoms with van der Waals surface area (Å²) < 4.78 is 7.75. The summed E-state index contributed by atoms with van der Waals surface area (Å²) in [5, 5.41) is 0. The van der Waals surface area contributed by atoms with Crippen LogP contribution in [-0.2, 0) is 4.74 Å². The number of rotatable bonds is 2. The fourth-order valence-electron chi connectivity index (χ4n) is 2.49. The van der Waals surface area contributed by atoms with Gasteiger partial charge in [0.15, 0.2) is 0 Å². The van der Waals surface area contributed by atoms with Crippen LogP contribution >= 0.6 is 0 Å². The maximum atomic E-state index is 5.42. The number of aromatic nitrogens is 3. The molecule has 1 aliphatic heterocycles. The van der Waals surface area contributed by atoms with Crippen LogP contribution in [0.3, 0.4) is 0 Å². The molecule has 0 atom stereocenters. The summed E-state index contributed by atoms with van der Waals surface area (Å²) in [6.45, 7) is 3.63. The van der Waals surface area contributed by atoms with Crippen LogP contribution in [0.2, 0.25) is 0 Å². The Hall–Kier alpha value is -1.68. The van der Waals surface area contributed by atoms with Crippen LogP contribution in [0.5, 0.6) is 0 Å². The summed E-state index contributed by atoms with van der Waals surface area (Å²) >= 11 is 0. The molecule has 3 heterocycles. The van der Waals surface area contributed by atoms with Gasteiger partial charge in [0, 0.05) is 31.6 Å². The summed E-state index contributed by atoms with van der Waals surface area (Å²) in [5.74, 6) is 0.812. The van der Waals surface area contributed by atoms with Gasteiger partial charge in [-0.2, -0.15) is 0 Å². The number of aryl methyl sites for hydroxylation is 1. The van der Waals surface area contributed by atoms with E-state index in [9.17, 15) is 0 Å². The summed E-state index contributed by atoms with van der Waals surface area (Å²) in [6, 6.07) is 6.71. The van der Waals surface area contributed by atoms with Crippen molar-refractivity contribution in [1.82, 2.24) is 14.5 Å². The van der Waals surface area contributed by atoms with E-state index in [2.05, 4.69) is 32.9 Å². The van der Waals surface area contributed by atoms with Gasteiger partial charge in [0.2, 0.25) is 0 Å². The molecule has 0 bridgehead atoms. The Morgan fingerprint density at radius 3 is 2.89 bits per heavy atom. The third-order valence-corrected chi connectivity index (χ3v) is 3.40. The lowest BCUT2D eigenvalue weighted by Gasteiger charge is -2.25. The van der Waals surface area contributed by atoms with E-state index in [1.165, 1.54) is 5.69 Å². The molecule has 4 heteroatoms. The van der Waals surface area contributed by atoms with Crippen LogP contribution in [0, 0.1) is 6.92 Å². The first kappa shape index (κ1) is 11.4. The van der Waals surface area contributed by atoms with E-state index in [1.807, 2.05) is 19.2 Å². The average molecular weight is 243 g/mol. The molecule has 0 N–H and O–H groups in total. The van der Waals surface area contributed by atoms with E-state index in [4.69, 9.17) is 4.74 Å². The van der Waals surface area contributed by atoms with Gasteiger partial charge < -0.3 is 9.30 Å². The molecule has 2 aromatic heterocycles. The summed E-state index contributed by atoms with van der Waals surface area (Å²) in [6.07, 6.45) is 6.11. The van der Waals surface area contributed by atoms with Gasteiger partial charge in [-0.15, -0.1) is 0 Å². The Morgan fingerprint density at radius 1 is 1.28 bits per heavy atom. The topological polar surface area (TPSA) is 39.9 Å². The molecule has 1 fully saturated rings. The van der Waals surface area contributed by atoms with Crippen molar-refractivity contribution in [2.24, 2.45) is 0 Å². The van der Waals surface area contributed by atoms with Crippen molar-refractivity contribution in [3.8, 4) is 11.4 Å². The van der Waals surface area contributed by atoms with Gasteiger partial charge in [-0.3, -0.25) is 0 Å². The fraction of sp³-hybridized carbons (Fsp3) is 0.429. The Kier molecular flexibility index (Phi) is 3.11. The largest absolute Gasteiger partial charge is 0.381 e. The zero-order valence-corrected chi connectivity index (χ0v) is 10.5. The van der Waals surface area contributed by atoms with E-state index >= 15 is 0 Å². The second kappa shape index (κ2) is 4.90. The van der Waals surface area contributed by atoms with Crippen LogP contribution in [0.1, 0.15) is 24.7 Å². The quantitative estimate of drug-likeness (QED) is 0.814. The lowest BCUT2D eigenvalue weighted by atomic mass is 10.1. The highest BCUT2D eigenvalue weighted by Crippen LogP contribution is 2.27. The highest BCUT2D eigenvalue weighted by Gasteiger charge is 2.18. The molecule has 1 aliphatic rings. The predicted molar refractivity (Wildman–Crippen MR) is 69.3 cm³/mol. The smallest absolute Gasteiger partial charge is 0.125 e. The number of hydrogen-bond acceptors (Lipinski definition) is 3. The first-order valence-corrected chi connectivity index (χ1v) is 6.39. The molecular formula is C14H17N3O. The molecule has 0 aliphatic carbocycles. The van der Waals surface area contributed by atoms with Gasteiger partial charge in [0.1, 0.15) is 5.82 Å². The molecule has 1 saturated heterocycles. The lowest BCUT2D eigenvalue weighted by molar-refractivity contribution is 0.0701. The Labute approximate surface area is 107 Å². The number of nitrogens with zero attached hydrogens (tertiary/aromatic N) is 3. The maximum absolute atomic E-state index is 5.42. The standard InChI is InChI=1S/C14H17N3O/c1-11-15-7-4-13(16-11)14-3-2-8-17(14)12-5-9-18-10-6-12/h2-4,7-8,12H,5-6,9-10H2,1H3. The normalized spacial score (nSPS) is 16.9. The van der Waals surface area contributed by atoms with Crippen molar-refractivity contribution in [2.75, 3.05) is 13.2 Å². The highest BCUT2D eigenvalue weighted by molar-refractivity contribution is 5.54. The van der Waals surface area contributed by atoms with E-state index in [0.29, 0.717) is 6.04 Å². The van der Waals surface area contributed by atoms with Crippen molar-refractivity contribution in [3.05, 3.63) is 36.4 Å². The fourth-order valence-corrected chi connectivity index (χ4v) is 2.49. The molecule has 4 nitrogen and oxygen atoms in total. The molecule has 2 aromatic rings. The predicted octanol–water partition coefficient (Wildman–Crippen LogP) is 2.61. The van der Waals surface area contributed by atoms with Crippen LogP contribution in [0.4, 0.5) is 0 Å². The second-order valence-corrected chi connectivity index (χ2v) is 4.63. The average Bonchev–Trinajstić information content (AvgIpc) is 2.89. The van der Waals surface area contributed by atoms with Crippen molar-refractivity contribution in [1.29, 1.82) is 0 Å².